The second kappa shape index (κ2) is 7.50. The maximum absolute atomic E-state index is 13.9. The van der Waals surface area contributed by atoms with E-state index in [4.69, 9.17) is 6.42 Å². The number of hydrogen-bond acceptors (Lipinski definition) is 1. The first-order chi connectivity index (χ1) is 8.60. The highest BCUT2D eigenvalue weighted by Gasteiger charge is 2.19. The van der Waals surface area contributed by atoms with Crippen molar-refractivity contribution in [1.29, 1.82) is 0 Å². The van der Waals surface area contributed by atoms with Gasteiger partial charge in [0.2, 0.25) is 0 Å². The lowest BCUT2D eigenvalue weighted by atomic mass is 10.0. The zero-order chi connectivity index (χ0) is 13.5. The van der Waals surface area contributed by atoms with Gasteiger partial charge in [-0.3, -0.25) is 0 Å². The summed E-state index contributed by atoms with van der Waals surface area (Å²) >= 11 is 3.07. The van der Waals surface area contributed by atoms with Gasteiger partial charge in [0.1, 0.15) is 11.6 Å². The first-order valence-electron chi connectivity index (χ1n) is 5.91. The highest BCUT2D eigenvalue weighted by atomic mass is 79.9. The van der Waals surface area contributed by atoms with Crippen LogP contribution in [-0.4, -0.2) is 6.54 Å². The van der Waals surface area contributed by atoms with Gasteiger partial charge in [-0.25, -0.2) is 8.78 Å². The average molecular weight is 316 g/mol. The van der Waals surface area contributed by atoms with E-state index in [-0.39, 0.29) is 11.6 Å². The lowest BCUT2D eigenvalue weighted by molar-refractivity contribution is 0.449. The van der Waals surface area contributed by atoms with E-state index in [1.54, 1.807) is 0 Å². The van der Waals surface area contributed by atoms with Crippen molar-refractivity contribution in [3.05, 3.63) is 33.8 Å². The molecule has 0 heterocycles. The standard InChI is InChI=1S/C14H16BrF2N/c1-3-5-6-13(18-7-4-2)14-11(16)8-10(15)9-12(14)17/h1,8-9,13,18H,4-7H2,2H3. The third kappa shape index (κ3) is 4.08. The summed E-state index contributed by atoms with van der Waals surface area (Å²) in [5.41, 5.74) is 0.0712. The number of hydrogen-bond donors (Lipinski definition) is 1. The van der Waals surface area contributed by atoms with Gasteiger partial charge in [-0.15, -0.1) is 12.3 Å². The summed E-state index contributed by atoms with van der Waals surface area (Å²) in [6.07, 6.45) is 7.11. The van der Waals surface area contributed by atoms with Crippen LogP contribution in [0.1, 0.15) is 37.8 Å². The fraction of sp³-hybridized carbons (Fsp3) is 0.429. The summed E-state index contributed by atoms with van der Waals surface area (Å²) in [5.74, 6) is 1.40. The number of halogens is 3. The van der Waals surface area contributed by atoms with Crippen molar-refractivity contribution in [2.24, 2.45) is 0 Å². The Hall–Kier alpha value is -0.920. The normalized spacial score (nSPS) is 12.2. The van der Waals surface area contributed by atoms with Gasteiger partial charge in [-0.2, -0.15) is 0 Å². The van der Waals surface area contributed by atoms with Gasteiger partial charge in [0.15, 0.2) is 0 Å². The first-order valence-corrected chi connectivity index (χ1v) is 6.70. The largest absolute Gasteiger partial charge is 0.310 e. The van der Waals surface area contributed by atoms with Crippen LogP contribution in [-0.2, 0) is 0 Å². The number of terminal acetylenes is 1. The molecule has 1 N–H and O–H groups in total. The summed E-state index contributed by atoms with van der Waals surface area (Å²) in [5, 5.41) is 3.13. The van der Waals surface area contributed by atoms with E-state index in [1.807, 2.05) is 6.92 Å². The molecule has 0 saturated heterocycles. The fourth-order valence-electron chi connectivity index (χ4n) is 1.78. The molecular formula is C14H16BrF2N. The van der Waals surface area contributed by atoms with Crippen LogP contribution in [0.3, 0.4) is 0 Å². The topological polar surface area (TPSA) is 12.0 Å². The van der Waals surface area contributed by atoms with Gasteiger partial charge in [0.05, 0.1) is 0 Å². The summed E-state index contributed by atoms with van der Waals surface area (Å²) < 4.78 is 28.1. The predicted molar refractivity (Wildman–Crippen MR) is 73.2 cm³/mol. The van der Waals surface area contributed by atoms with Crippen LogP contribution in [0.5, 0.6) is 0 Å². The average Bonchev–Trinajstić information content (AvgIpc) is 2.30. The van der Waals surface area contributed by atoms with Crippen molar-refractivity contribution < 1.29 is 8.78 Å². The quantitative estimate of drug-likeness (QED) is 0.776. The van der Waals surface area contributed by atoms with Gasteiger partial charge in [0.25, 0.3) is 0 Å². The van der Waals surface area contributed by atoms with E-state index < -0.39 is 11.6 Å². The molecule has 0 aliphatic heterocycles. The fourth-order valence-corrected chi connectivity index (χ4v) is 2.18. The van der Waals surface area contributed by atoms with Crippen molar-refractivity contribution >= 4 is 15.9 Å². The van der Waals surface area contributed by atoms with Crippen LogP contribution in [0.4, 0.5) is 8.78 Å². The Bertz CT molecular complexity index is 417. The maximum atomic E-state index is 13.9. The number of rotatable bonds is 6. The minimum Gasteiger partial charge on any atom is -0.310 e. The minimum atomic E-state index is -0.549. The SMILES string of the molecule is C#CCCC(NCCC)c1c(F)cc(Br)cc1F. The van der Waals surface area contributed by atoms with Gasteiger partial charge < -0.3 is 5.32 Å². The van der Waals surface area contributed by atoms with Crippen LogP contribution in [0.15, 0.2) is 16.6 Å². The molecule has 0 aliphatic carbocycles. The molecule has 0 spiro atoms. The molecule has 0 aromatic heterocycles. The molecule has 1 nitrogen and oxygen atoms in total. The highest BCUT2D eigenvalue weighted by Crippen LogP contribution is 2.27. The highest BCUT2D eigenvalue weighted by molar-refractivity contribution is 9.10. The lowest BCUT2D eigenvalue weighted by Gasteiger charge is -2.19. The summed E-state index contributed by atoms with van der Waals surface area (Å²) in [4.78, 5) is 0. The van der Waals surface area contributed by atoms with E-state index in [1.165, 1.54) is 12.1 Å². The lowest BCUT2D eigenvalue weighted by Crippen LogP contribution is -2.24. The van der Waals surface area contributed by atoms with Gasteiger partial charge in [-0.1, -0.05) is 22.9 Å². The maximum Gasteiger partial charge on any atom is 0.132 e. The molecule has 4 heteroatoms. The molecule has 1 atom stereocenters. The van der Waals surface area contributed by atoms with Crippen LogP contribution in [0.25, 0.3) is 0 Å². The van der Waals surface area contributed by atoms with Gasteiger partial charge in [-0.05, 0) is 31.5 Å². The van der Waals surface area contributed by atoms with Crippen LogP contribution in [0, 0.1) is 24.0 Å². The Balaban J connectivity index is 3.00. The van der Waals surface area contributed by atoms with Crippen LogP contribution >= 0.6 is 15.9 Å². The number of benzene rings is 1. The minimum absolute atomic E-state index is 0.0712. The molecule has 0 aliphatic rings. The molecule has 1 unspecified atom stereocenters. The van der Waals surface area contributed by atoms with Crippen LogP contribution < -0.4 is 5.32 Å². The molecule has 0 bridgehead atoms. The third-order valence-electron chi connectivity index (χ3n) is 2.61. The molecule has 1 aromatic carbocycles. The molecule has 0 fully saturated rings. The Morgan fingerprint density at radius 3 is 2.50 bits per heavy atom. The van der Waals surface area contributed by atoms with Crippen molar-refractivity contribution in [3.63, 3.8) is 0 Å². The molecule has 98 valence electrons. The first kappa shape index (κ1) is 15.1. The Morgan fingerprint density at radius 2 is 2.00 bits per heavy atom. The van der Waals surface area contributed by atoms with Crippen molar-refractivity contribution in [2.45, 2.75) is 32.2 Å². The monoisotopic (exact) mass is 315 g/mol. The van der Waals surface area contributed by atoms with Crippen molar-refractivity contribution in [1.82, 2.24) is 5.32 Å². The van der Waals surface area contributed by atoms with E-state index >= 15 is 0 Å². The summed E-state index contributed by atoms with van der Waals surface area (Å²) in [7, 11) is 0. The molecular weight excluding hydrogens is 300 g/mol. The summed E-state index contributed by atoms with van der Waals surface area (Å²) in [6, 6.07) is 2.16. The Morgan fingerprint density at radius 1 is 1.39 bits per heavy atom. The zero-order valence-corrected chi connectivity index (χ0v) is 11.9. The summed E-state index contributed by atoms with van der Waals surface area (Å²) in [6.45, 7) is 2.70. The van der Waals surface area contributed by atoms with Crippen molar-refractivity contribution in [3.8, 4) is 12.3 Å². The molecule has 18 heavy (non-hydrogen) atoms. The third-order valence-corrected chi connectivity index (χ3v) is 3.07. The second-order valence-corrected chi connectivity index (χ2v) is 4.95. The number of nitrogens with one attached hydrogen (secondary N) is 1. The van der Waals surface area contributed by atoms with E-state index in [9.17, 15) is 8.78 Å². The van der Waals surface area contributed by atoms with E-state index in [0.717, 1.165) is 6.42 Å². The predicted octanol–water partition coefficient (Wildman–Crippen LogP) is 4.18. The van der Waals surface area contributed by atoms with Gasteiger partial charge in [0, 0.05) is 22.5 Å². The molecule has 0 saturated carbocycles. The second-order valence-electron chi connectivity index (χ2n) is 4.03. The van der Waals surface area contributed by atoms with Crippen LogP contribution in [0.2, 0.25) is 0 Å². The Labute approximate surface area is 115 Å². The molecule has 0 amide bonds. The zero-order valence-electron chi connectivity index (χ0n) is 10.3. The molecule has 1 rings (SSSR count). The van der Waals surface area contributed by atoms with E-state index in [2.05, 4.69) is 27.2 Å². The Kier molecular flexibility index (Phi) is 6.31. The molecule has 0 radical (unpaired) electrons. The van der Waals surface area contributed by atoms with Crippen molar-refractivity contribution in [2.75, 3.05) is 6.54 Å². The van der Waals surface area contributed by atoms with E-state index in [0.29, 0.717) is 23.9 Å². The molecule has 1 aromatic rings. The van der Waals surface area contributed by atoms with Gasteiger partial charge >= 0.3 is 0 Å². The smallest absolute Gasteiger partial charge is 0.132 e.